The van der Waals surface area contributed by atoms with Crippen molar-refractivity contribution in [3.63, 3.8) is 0 Å². The number of aliphatic hydroxyl groups is 3. The Morgan fingerprint density at radius 2 is 1.89 bits per heavy atom. The van der Waals surface area contributed by atoms with Gasteiger partial charge in [-0.1, -0.05) is 13.8 Å². The molecule has 5 atom stereocenters. The van der Waals surface area contributed by atoms with Gasteiger partial charge in [-0.15, -0.1) is 0 Å². The normalized spacial score (nSPS) is 28.2. The second-order valence-electron chi connectivity index (χ2n) is 7.50. The minimum absolute atomic E-state index is 0.550. The standard InChI is InChI=1S/C21H32N2O5/c1-4-9-23(5-2)10-8-14-12-22-17-7-6-15(11-16(14)17)28-21-20(26)19(25)18(24)13(3)27-21/h6-7,11-13,18-22,24-26H,4-5,8-10H2,1-3H3. The van der Waals surface area contributed by atoms with E-state index in [2.05, 4.69) is 23.7 Å². The van der Waals surface area contributed by atoms with E-state index >= 15 is 0 Å². The van der Waals surface area contributed by atoms with Crippen LogP contribution < -0.4 is 4.74 Å². The van der Waals surface area contributed by atoms with Crippen LogP contribution in [0.3, 0.4) is 0 Å². The molecule has 5 unspecified atom stereocenters. The highest BCUT2D eigenvalue weighted by Gasteiger charge is 2.43. The summed E-state index contributed by atoms with van der Waals surface area (Å²) in [6.45, 7) is 9.13. The Labute approximate surface area is 165 Å². The smallest absolute Gasteiger partial charge is 0.229 e. The van der Waals surface area contributed by atoms with Crippen molar-refractivity contribution in [1.29, 1.82) is 0 Å². The topological polar surface area (TPSA) is 98.2 Å². The third kappa shape index (κ3) is 4.50. The van der Waals surface area contributed by atoms with Crippen LogP contribution in [0.5, 0.6) is 5.75 Å². The van der Waals surface area contributed by atoms with Crippen LogP contribution >= 0.6 is 0 Å². The molecular formula is C21H32N2O5. The maximum atomic E-state index is 10.2. The van der Waals surface area contributed by atoms with Crippen molar-refractivity contribution in [1.82, 2.24) is 9.88 Å². The summed E-state index contributed by atoms with van der Waals surface area (Å²) < 4.78 is 11.3. The molecule has 0 radical (unpaired) electrons. The molecule has 7 nitrogen and oxygen atoms in total. The molecule has 4 N–H and O–H groups in total. The number of nitrogens with zero attached hydrogens (tertiary/aromatic N) is 1. The summed E-state index contributed by atoms with van der Waals surface area (Å²) in [5, 5.41) is 31.0. The zero-order valence-corrected chi connectivity index (χ0v) is 16.8. The lowest BCUT2D eigenvalue weighted by Gasteiger charge is -2.38. The number of benzene rings is 1. The van der Waals surface area contributed by atoms with Crippen molar-refractivity contribution in [2.45, 2.75) is 64.3 Å². The second-order valence-corrected chi connectivity index (χ2v) is 7.50. The van der Waals surface area contributed by atoms with Crippen molar-refractivity contribution in [2.24, 2.45) is 0 Å². The fourth-order valence-electron chi connectivity index (χ4n) is 3.71. The van der Waals surface area contributed by atoms with E-state index in [4.69, 9.17) is 9.47 Å². The number of aromatic amines is 1. The highest BCUT2D eigenvalue weighted by atomic mass is 16.7. The van der Waals surface area contributed by atoms with Crippen LogP contribution in [0.15, 0.2) is 24.4 Å². The van der Waals surface area contributed by atoms with Crippen molar-refractivity contribution < 1.29 is 24.8 Å². The molecule has 2 heterocycles. The average molecular weight is 392 g/mol. The maximum Gasteiger partial charge on any atom is 0.229 e. The van der Waals surface area contributed by atoms with Crippen LogP contribution in [-0.4, -0.2) is 75.5 Å². The maximum absolute atomic E-state index is 10.2. The summed E-state index contributed by atoms with van der Waals surface area (Å²) in [6.07, 6.45) is -1.33. The SMILES string of the molecule is CCCN(CC)CCc1c[nH]c2ccc(OC3OC(C)C(O)C(O)C3O)cc12. The minimum atomic E-state index is -1.32. The molecule has 2 aromatic rings. The van der Waals surface area contributed by atoms with Gasteiger partial charge in [0.1, 0.15) is 24.1 Å². The summed E-state index contributed by atoms with van der Waals surface area (Å²) in [6, 6.07) is 5.66. The largest absolute Gasteiger partial charge is 0.462 e. The molecule has 0 bridgehead atoms. The Balaban J connectivity index is 1.73. The van der Waals surface area contributed by atoms with E-state index in [0.717, 1.165) is 43.4 Å². The summed E-state index contributed by atoms with van der Waals surface area (Å²) in [4.78, 5) is 5.72. The number of rotatable bonds is 8. The van der Waals surface area contributed by atoms with E-state index in [1.807, 2.05) is 18.3 Å². The molecule has 1 aliphatic rings. The Morgan fingerprint density at radius 3 is 2.61 bits per heavy atom. The van der Waals surface area contributed by atoms with Crippen LogP contribution in [0.2, 0.25) is 0 Å². The van der Waals surface area contributed by atoms with Gasteiger partial charge in [0.15, 0.2) is 0 Å². The quantitative estimate of drug-likeness (QED) is 0.545. The third-order valence-electron chi connectivity index (χ3n) is 5.48. The van der Waals surface area contributed by atoms with E-state index in [0.29, 0.717) is 5.75 Å². The van der Waals surface area contributed by atoms with Gasteiger partial charge in [-0.2, -0.15) is 0 Å². The first-order valence-electron chi connectivity index (χ1n) is 10.1. The highest BCUT2D eigenvalue weighted by molar-refractivity contribution is 5.84. The Bertz CT molecular complexity index is 764. The number of nitrogens with one attached hydrogen (secondary N) is 1. The number of likely N-dealkylation sites (N-methyl/N-ethyl adjacent to an activating group) is 1. The first-order valence-corrected chi connectivity index (χ1v) is 10.1. The van der Waals surface area contributed by atoms with Gasteiger partial charge in [0.25, 0.3) is 0 Å². The zero-order valence-electron chi connectivity index (χ0n) is 16.8. The lowest BCUT2D eigenvalue weighted by atomic mass is 10.00. The molecule has 1 aromatic heterocycles. The molecule has 0 spiro atoms. The molecule has 0 aliphatic carbocycles. The van der Waals surface area contributed by atoms with Gasteiger partial charge in [-0.05, 0) is 56.6 Å². The third-order valence-corrected chi connectivity index (χ3v) is 5.48. The number of ether oxygens (including phenoxy) is 2. The molecule has 1 aliphatic heterocycles. The van der Waals surface area contributed by atoms with Crippen molar-refractivity contribution >= 4 is 10.9 Å². The summed E-state index contributed by atoms with van der Waals surface area (Å²) in [5.74, 6) is 0.550. The predicted molar refractivity (Wildman–Crippen MR) is 107 cm³/mol. The first-order chi connectivity index (χ1) is 13.4. The number of H-pyrrole nitrogens is 1. The number of aliphatic hydroxyl groups excluding tert-OH is 3. The van der Waals surface area contributed by atoms with Crippen molar-refractivity contribution in [3.8, 4) is 5.75 Å². The predicted octanol–water partition coefficient (Wildman–Crippen LogP) is 1.65. The van der Waals surface area contributed by atoms with Gasteiger partial charge >= 0.3 is 0 Å². The number of fused-ring (bicyclic) bond motifs is 1. The van der Waals surface area contributed by atoms with Gasteiger partial charge in [-0.25, -0.2) is 0 Å². The monoisotopic (exact) mass is 392 g/mol. The molecule has 3 rings (SSSR count). The Morgan fingerprint density at radius 1 is 1.11 bits per heavy atom. The first kappa shape index (κ1) is 21.1. The molecule has 7 heteroatoms. The number of aromatic nitrogens is 1. The van der Waals surface area contributed by atoms with Gasteiger partial charge < -0.3 is 34.7 Å². The molecule has 28 heavy (non-hydrogen) atoms. The van der Waals surface area contributed by atoms with Crippen LogP contribution in [0.1, 0.15) is 32.8 Å². The van der Waals surface area contributed by atoms with Gasteiger partial charge in [0.2, 0.25) is 6.29 Å². The molecule has 156 valence electrons. The summed E-state index contributed by atoms with van der Waals surface area (Å²) in [5.41, 5.74) is 2.23. The lowest BCUT2D eigenvalue weighted by Crippen LogP contribution is -2.58. The fraction of sp³-hybridized carbons (Fsp3) is 0.619. The van der Waals surface area contributed by atoms with E-state index in [-0.39, 0.29) is 0 Å². The molecular weight excluding hydrogens is 360 g/mol. The van der Waals surface area contributed by atoms with E-state index in [9.17, 15) is 15.3 Å². The summed E-state index contributed by atoms with van der Waals surface area (Å²) in [7, 11) is 0. The van der Waals surface area contributed by atoms with Crippen LogP contribution in [0, 0.1) is 0 Å². The minimum Gasteiger partial charge on any atom is -0.462 e. The highest BCUT2D eigenvalue weighted by Crippen LogP contribution is 2.28. The molecule has 1 fully saturated rings. The van der Waals surface area contributed by atoms with Gasteiger partial charge in [0.05, 0.1) is 6.10 Å². The Hall–Kier alpha value is -1.64. The van der Waals surface area contributed by atoms with Crippen LogP contribution in [-0.2, 0) is 11.2 Å². The van der Waals surface area contributed by atoms with E-state index in [1.165, 1.54) is 5.56 Å². The van der Waals surface area contributed by atoms with Crippen LogP contribution in [0.4, 0.5) is 0 Å². The van der Waals surface area contributed by atoms with E-state index in [1.54, 1.807) is 13.0 Å². The number of hydrogen-bond acceptors (Lipinski definition) is 6. The molecule has 0 amide bonds. The molecule has 0 saturated carbocycles. The second kappa shape index (κ2) is 9.24. The number of hydrogen-bond donors (Lipinski definition) is 4. The summed E-state index contributed by atoms with van der Waals surface area (Å²) >= 11 is 0. The average Bonchev–Trinajstić information content (AvgIpc) is 3.10. The molecule has 1 aromatic carbocycles. The van der Waals surface area contributed by atoms with Gasteiger partial charge in [0, 0.05) is 23.6 Å². The van der Waals surface area contributed by atoms with Crippen molar-refractivity contribution in [3.05, 3.63) is 30.0 Å². The van der Waals surface area contributed by atoms with Gasteiger partial charge in [-0.3, -0.25) is 0 Å². The van der Waals surface area contributed by atoms with Crippen molar-refractivity contribution in [2.75, 3.05) is 19.6 Å². The Kier molecular flexibility index (Phi) is 6.95. The van der Waals surface area contributed by atoms with E-state index < -0.39 is 30.7 Å². The fourth-order valence-corrected chi connectivity index (χ4v) is 3.71. The van der Waals surface area contributed by atoms with Crippen LogP contribution in [0.25, 0.3) is 10.9 Å². The molecule has 1 saturated heterocycles. The zero-order chi connectivity index (χ0) is 20.3. The lowest BCUT2D eigenvalue weighted by molar-refractivity contribution is -0.268.